The summed E-state index contributed by atoms with van der Waals surface area (Å²) in [7, 11) is 0. The molecule has 0 bridgehead atoms. The second-order valence-electron chi connectivity index (χ2n) is 3.18. The van der Waals surface area contributed by atoms with Crippen LogP contribution >= 0.6 is 0 Å². The van der Waals surface area contributed by atoms with E-state index in [0.29, 0.717) is 0 Å². The Kier molecular flexibility index (Phi) is 3.08. The van der Waals surface area contributed by atoms with Gasteiger partial charge in [0, 0.05) is 6.54 Å². The summed E-state index contributed by atoms with van der Waals surface area (Å²) in [5.74, 6) is 0. The van der Waals surface area contributed by atoms with Gasteiger partial charge in [-0.05, 0) is 26.2 Å². The number of hydrogen-bond acceptors (Lipinski definition) is 3. The molecule has 2 atom stereocenters. The van der Waals surface area contributed by atoms with Crippen LogP contribution in [0.1, 0.15) is 26.2 Å². The molecule has 2 unspecified atom stereocenters. The molecule has 0 aromatic rings. The largest absolute Gasteiger partial charge is 0.273 e. The number of nitriles is 2. The SMILES string of the molecule is CC(C#N)N1CCCCC1C#N. The molecule has 0 aromatic carbocycles. The maximum atomic E-state index is 8.80. The highest BCUT2D eigenvalue weighted by atomic mass is 15.2. The molecule has 3 nitrogen and oxygen atoms in total. The van der Waals surface area contributed by atoms with Crippen LogP contribution in [0.25, 0.3) is 0 Å². The zero-order chi connectivity index (χ0) is 8.97. The standard InChI is InChI=1S/C9H13N3/c1-8(6-10)12-5-3-2-4-9(12)7-11/h8-9H,2-5H2,1H3. The molecule has 1 rings (SSSR count). The maximum absolute atomic E-state index is 8.80. The van der Waals surface area contributed by atoms with E-state index in [1.807, 2.05) is 11.8 Å². The Morgan fingerprint density at radius 2 is 2.17 bits per heavy atom. The minimum absolute atomic E-state index is 0.0339. The molecule has 3 heteroatoms. The van der Waals surface area contributed by atoms with E-state index >= 15 is 0 Å². The summed E-state index contributed by atoms with van der Waals surface area (Å²) >= 11 is 0. The number of likely N-dealkylation sites (tertiary alicyclic amines) is 1. The fourth-order valence-corrected chi connectivity index (χ4v) is 1.63. The Hall–Kier alpha value is -1.06. The van der Waals surface area contributed by atoms with Crippen LogP contribution < -0.4 is 0 Å². The lowest BCUT2D eigenvalue weighted by atomic mass is 10.0. The molecular weight excluding hydrogens is 150 g/mol. The second-order valence-corrected chi connectivity index (χ2v) is 3.18. The smallest absolute Gasteiger partial charge is 0.0988 e. The molecule has 0 spiro atoms. The summed E-state index contributed by atoms with van der Waals surface area (Å²) in [5, 5.41) is 17.5. The quantitative estimate of drug-likeness (QED) is 0.585. The highest BCUT2D eigenvalue weighted by molar-refractivity contribution is 5.00. The zero-order valence-corrected chi connectivity index (χ0v) is 7.32. The molecule has 1 aliphatic rings. The summed E-state index contributed by atoms with van der Waals surface area (Å²) in [6.07, 6.45) is 3.15. The molecule has 64 valence electrons. The Bertz CT molecular complexity index is 223. The molecule has 0 aliphatic carbocycles. The fourth-order valence-electron chi connectivity index (χ4n) is 1.63. The van der Waals surface area contributed by atoms with Gasteiger partial charge in [0.15, 0.2) is 0 Å². The predicted octanol–water partition coefficient (Wildman–Crippen LogP) is 1.28. The molecule has 0 radical (unpaired) electrons. The molecule has 0 amide bonds. The van der Waals surface area contributed by atoms with Gasteiger partial charge in [-0.2, -0.15) is 10.5 Å². The number of hydrogen-bond donors (Lipinski definition) is 0. The maximum Gasteiger partial charge on any atom is 0.0988 e. The van der Waals surface area contributed by atoms with Crippen molar-refractivity contribution in [2.75, 3.05) is 6.54 Å². The minimum atomic E-state index is -0.116. The van der Waals surface area contributed by atoms with Crippen molar-refractivity contribution in [1.82, 2.24) is 4.90 Å². The van der Waals surface area contributed by atoms with Crippen LogP contribution in [0, 0.1) is 22.7 Å². The van der Waals surface area contributed by atoms with Crippen molar-refractivity contribution >= 4 is 0 Å². The average molecular weight is 163 g/mol. The van der Waals surface area contributed by atoms with E-state index in [0.717, 1.165) is 25.8 Å². The number of nitrogens with zero attached hydrogens (tertiary/aromatic N) is 3. The topological polar surface area (TPSA) is 50.8 Å². The molecule has 1 heterocycles. The third-order valence-corrected chi connectivity index (χ3v) is 2.38. The molecule has 1 aliphatic heterocycles. The van der Waals surface area contributed by atoms with Crippen molar-refractivity contribution in [2.24, 2.45) is 0 Å². The summed E-state index contributed by atoms with van der Waals surface area (Å²) in [6.45, 7) is 2.75. The van der Waals surface area contributed by atoms with Crippen LogP contribution in [0.15, 0.2) is 0 Å². The molecule has 0 N–H and O–H groups in total. The Labute approximate surface area is 73.2 Å². The third-order valence-electron chi connectivity index (χ3n) is 2.38. The first-order chi connectivity index (χ1) is 5.79. The van der Waals surface area contributed by atoms with Crippen LogP contribution in [-0.4, -0.2) is 23.5 Å². The lowest BCUT2D eigenvalue weighted by Crippen LogP contribution is -2.43. The zero-order valence-electron chi connectivity index (χ0n) is 7.32. The number of piperidine rings is 1. The predicted molar refractivity (Wildman–Crippen MR) is 45.0 cm³/mol. The van der Waals surface area contributed by atoms with E-state index in [1.54, 1.807) is 0 Å². The summed E-state index contributed by atoms with van der Waals surface area (Å²) in [6, 6.07) is 4.27. The lowest BCUT2D eigenvalue weighted by Gasteiger charge is -2.32. The first kappa shape index (κ1) is 9.03. The lowest BCUT2D eigenvalue weighted by molar-refractivity contribution is 0.162. The van der Waals surface area contributed by atoms with E-state index in [9.17, 15) is 0 Å². The van der Waals surface area contributed by atoms with Crippen LogP contribution in [0.5, 0.6) is 0 Å². The Morgan fingerprint density at radius 1 is 1.42 bits per heavy atom. The highest BCUT2D eigenvalue weighted by Crippen LogP contribution is 2.18. The normalized spacial score (nSPS) is 27.1. The van der Waals surface area contributed by atoms with Gasteiger partial charge in [0.05, 0.1) is 24.2 Å². The molecule has 1 saturated heterocycles. The third kappa shape index (κ3) is 1.75. The van der Waals surface area contributed by atoms with Crippen LogP contribution in [-0.2, 0) is 0 Å². The van der Waals surface area contributed by atoms with Crippen molar-refractivity contribution in [3.05, 3.63) is 0 Å². The second kappa shape index (κ2) is 4.09. The Balaban J connectivity index is 2.61. The first-order valence-electron chi connectivity index (χ1n) is 4.34. The van der Waals surface area contributed by atoms with Crippen LogP contribution in [0.2, 0.25) is 0 Å². The van der Waals surface area contributed by atoms with Gasteiger partial charge in [-0.15, -0.1) is 0 Å². The van der Waals surface area contributed by atoms with Gasteiger partial charge in [0.25, 0.3) is 0 Å². The van der Waals surface area contributed by atoms with E-state index < -0.39 is 0 Å². The molecule has 12 heavy (non-hydrogen) atoms. The highest BCUT2D eigenvalue weighted by Gasteiger charge is 2.25. The van der Waals surface area contributed by atoms with Gasteiger partial charge >= 0.3 is 0 Å². The van der Waals surface area contributed by atoms with Crippen LogP contribution in [0.3, 0.4) is 0 Å². The molecule has 1 fully saturated rings. The van der Waals surface area contributed by atoms with Gasteiger partial charge in [-0.1, -0.05) is 0 Å². The van der Waals surface area contributed by atoms with Crippen molar-refractivity contribution in [3.8, 4) is 12.1 Å². The van der Waals surface area contributed by atoms with E-state index in [1.165, 1.54) is 0 Å². The van der Waals surface area contributed by atoms with Crippen molar-refractivity contribution in [2.45, 2.75) is 38.3 Å². The van der Waals surface area contributed by atoms with Crippen molar-refractivity contribution in [1.29, 1.82) is 10.5 Å². The Morgan fingerprint density at radius 3 is 2.75 bits per heavy atom. The number of rotatable bonds is 1. The van der Waals surface area contributed by atoms with E-state index in [-0.39, 0.29) is 12.1 Å². The summed E-state index contributed by atoms with van der Waals surface area (Å²) in [4.78, 5) is 1.99. The van der Waals surface area contributed by atoms with Crippen molar-refractivity contribution in [3.63, 3.8) is 0 Å². The van der Waals surface area contributed by atoms with Gasteiger partial charge in [-0.25, -0.2) is 0 Å². The van der Waals surface area contributed by atoms with Gasteiger partial charge in [0.1, 0.15) is 0 Å². The first-order valence-corrected chi connectivity index (χ1v) is 4.34. The minimum Gasteiger partial charge on any atom is -0.273 e. The fraction of sp³-hybridized carbons (Fsp3) is 0.778. The molecular formula is C9H13N3. The van der Waals surface area contributed by atoms with Gasteiger partial charge in [0.2, 0.25) is 0 Å². The van der Waals surface area contributed by atoms with E-state index in [4.69, 9.17) is 10.5 Å². The average Bonchev–Trinajstić information content (AvgIpc) is 2.16. The van der Waals surface area contributed by atoms with E-state index in [2.05, 4.69) is 12.1 Å². The molecule has 0 aromatic heterocycles. The molecule has 0 saturated carbocycles. The van der Waals surface area contributed by atoms with Gasteiger partial charge in [-0.3, -0.25) is 4.90 Å². The summed E-state index contributed by atoms with van der Waals surface area (Å²) in [5.41, 5.74) is 0. The monoisotopic (exact) mass is 163 g/mol. The summed E-state index contributed by atoms with van der Waals surface area (Å²) < 4.78 is 0. The van der Waals surface area contributed by atoms with Crippen molar-refractivity contribution < 1.29 is 0 Å². The van der Waals surface area contributed by atoms with Crippen LogP contribution in [0.4, 0.5) is 0 Å². The van der Waals surface area contributed by atoms with Gasteiger partial charge < -0.3 is 0 Å².